The molecule has 53 heavy (non-hydrogen) atoms. The topological polar surface area (TPSA) is 350 Å². The van der Waals surface area contributed by atoms with E-state index in [2.05, 4.69) is 0 Å². The molecular formula is C32H39O21+. The SMILES string of the molecule is OCC1OC(Oc2cc(O)cc3[o+]c(-c4cc(O)c(O)c(O)c4)c(OC4OC(CO)C(O)C(O)C4OC4OCC(O)C(O)C4O)cc23)C(O)C(O)C1O. The lowest BCUT2D eigenvalue weighted by atomic mass is 9.98. The van der Waals surface area contributed by atoms with Crippen LogP contribution >= 0.6 is 0 Å². The molecule has 3 fully saturated rings. The number of aromatic hydroxyl groups is 4. The van der Waals surface area contributed by atoms with Gasteiger partial charge in [0.1, 0.15) is 77.9 Å². The lowest BCUT2D eigenvalue weighted by molar-refractivity contribution is -0.344. The first-order valence-electron chi connectivity index (χ1n) is 16.1. The molecule has 0 bridgehead atoms. The Morgan fingerprint density at radius 3 is 1.85 bits per heavy atom. The van der Waals surface area contributed by atoms with E-state index in [1.807, 2.05) is 0 Å². The molecule has 3 aromatic rings. The summed E-state index contributed by atoms with van der Waals surface area (Å²) in [4.78, 5) is 0. The van der Waals surface area contributed by atoms with Crippen LogP contribution in [0.5, 0.6) is 34.5 Å². The summed E-state index contributed by atoms with van der Waals surface area (Å²) >= 11 is 0. The van der Waals surface area contributed by atoms with E-state index < -0.39 is 135 Å². The summed E-state index contributed by atoms with van der Waals surface area (Å²) in [6.45, 7) is -2.15. The largest absolute Gasteiger partial charge is 0.507 e. The van der Waals surface area contributed by atoms with Crippen LogP contribution in [0.1, 0.15) is 0 Å². The summed E-state index contributed by atoms with van der Waals surface area (Å²) in [5.74, 6) is -4.11. The Labute approximate surface area is 297 Å². The summed E-state index contributed by atoms with van der Waals surface area (Å²) in [6.07, 6.45) is -24.3. The van der Waals surface area contributed by atoms with Crippen molar-refractivity contribution in [1.82, 2.24) is 0 Å². The average Bonchev–Trinajstić information content (AvgIpc) is 3.13. The van der Waals surface area contributed by atoms with Crippen LogP contribution in [0.3, 0.4) is 0 Å². The molecule has 21 nitrogen and oxygen atoms in total. The highest BCUT2D eigenvalue weighted by atomic mass is 16.8. The van der Waals surface area contributed by atoms with Gasteiger partial charge >= 0.3 is 11.3 Å². The van der Waals surface area contributed by atoms with Crippen molar-refractivity contribution >= 4 is 11.0 Å². The van der Waals surface area contributed by atoms with E-state index >= 15 is 0 Å². The lowest BCUT2D eigenvalue weighted by Crippen LogP contribution is -2.63. The van der Waals surface area contributed by atoms with Gasteiger partial charge in [-0.05, 0) is 0 Å². The molecule has 4 heterocycles. The van der Waals surface area contributed by atoms with Crippen LogP contribution in [0.4, 0.5) is 0 Å². The van der Waals surface area contributed by atoms with Gasteiger partial charge in [0.25, 0.3) is 0 Å². The maximum absolute atomic E-state index is 11.1. The van der Waals surface area contributed by atoms with Crippen molar-refractivity contribution < 1.29 is 104 Å². The fraction of sp³-hybridized carbons (Fsp3) is 0.531. The van der Waals surface area contributed by atoms with E-state index in [1.165, 1.54) is 6.07 Å². The van der Waals surface area contributed by atoms with Crippen LogP contribution in [0.15, 0.2) is 34.7 Å². The Kier molecular flexibility index (Phi) is 11.3. The van der Waals surface area contributed by atoms with Gasteiger partial charge in [-0.3, -0.25) is 0 Å². The normalized spacial score (nSPS) is 36.3. The Hall–Kier alpha value is -3.91. The summed E-state index contributed by atoms with van der Waals surface area (Å²) in [5, 5.41) is 144. The zero-order valence-electron chi connectivity index (χ0n) is 27.2. The second-order valence-corrected chi connectivity index (χ2v) is 12.6. The number of aliphatic hydroxyl groups is 10. The smallest absolute Gasteiger partial charge is 0.402 e. The number of fused-ring (bicyclic) bond motifs is 1. The number of ether oxygens (including phenoxy) is 6. The highest BCUT2D eigenvalue weighted by Crippen LogP contribution is 2.45. The van der Waals surface area contributed by atoms with Crippen molar-refractivity contribution in [1.29, 1.82) is 0 Å². The van der Waals surface area contributed by atoms with Gasteiger partial charge in [0, 0.05) is 24.3 Å². The Bertz CT molecular complexity index is 1730. The molecule has 0 spiro atoms. The van der Waals surface area contributed by atoms with E-state index in [-0.39, 0.29) is 28.0 Å². The minimum Gasteiger partial charge on any atom is -0.507 e. The molecule has 14 N–H and O–H groups in total. The van der Waals surface area contributed by atoms with Crippen molar-refractivity contribution in [3.8, 4) is 45.8 Å². The average molecular weight is 760 g/mol. The molecular weight excluding hydrogens is 720 g/mol. The van der Waals surface area contributed by atoms with Gasteiger partial charge in [0.15, 0.2) is 29.6 Å². The van der Waals surface area contributed by atoms with Crippen LogP contribution in [-0.4, -0.2) is 177 Å². The third kappa shape index (κ3) is 7.45. The van der Waals surface area contributed by atoms with Crippen molar-refractivity contribution in [3.05, 3.63) is 30.3 Å². The summed E-state index contributed by atoms with van der Waals surface area (Å²) in [6, 6.07) is 5.20. The van der Waals surface area contributed by atoms with Crippen molar-refractivity contribution in [3.63, 3.8) is 0 Å². The monoisotopic (exact) mass is 759 g/mol. The van der Waals surface area contributed by atoms with Gasteiger partial charge in [-0.25, -0.2) is 4.42 Å². The molecule has 3 aliphatic heterocycles. The maximum Gasteiger partial charge on any atom is 0.402 e. The molecule has 6 rings (SSSR count). The van der Waals surface area contributed by atoms with E-state index in [1.54, 1.807) is 0 Å². The van der Waals surface area contributed by atoms with Crippen LogP contribution < -0.4 is 9.47 Å². The predicted molar refractivity (Wildman–Crippen MR) is 168 cm³/mol. The van der Waals surface area contributed by atoms with Crippen LogP contribution in [0.25, 0.3) is 22.3 Å². The molecule has 0 amide bonds. The second kappa shape index (κ2) is 15.4. The third-order valence-corrected chi connectivity index (χ3v) is 9.04. The summed E-state index contributed by atoms with van der Waals surface area (Å²) in [7, 11) is 0. The number of rotatable bonds is 9. The molecule has 1 aromatic heterocycles. The Morgan fingerprint density at radius 2 is 1.21 bits per heavy atom. The van der Waals surface area contributed by atoms with Crippen LogP contribution in [0, 0.1) is 0 Å². The number of benzene rings is 2. The molecule has 292 valence electrons. The molecule has 14 unspecified atom stereocenters. The fourth-order valence-corrected chi connectivity index (χ4v) is 6.06. The van der Waals surface area contributed by atoms with Crippen molar-refractivity contribution in [2.75, 3.05) is 19.8 Å². The van der Waals surface area contributed by atoms with Crippen molar-refractivity contribution in [2.45, 2.75) is 86.0 Å². The lowest BCUT2D eigenvalue weighted by Gasteiger charge is -2.44. The van der Waals surface area contributed by atoms with Gasteiger partial charge in [0.2, 0.25) is 18.3 Å². The van der Waals surface area contributed by atoms with Gasteiger partial charge in [-0.1, -0.05) is 0 Å². The highest BCUT2D eigenvalue weighted by molar-refractivity contribution is 5.89. The molecule has 0 saturated carbocycles. The molecule has 2 aromatic carbocycles. The summed E-state index contributed by atoms with van der Waals surface area (Å²) in [5.41, 5.74) is -0.378. The van der Waals surface area contributed by atoms with Crippen molar-refractivity contribution in [2.24, 2.45) is 0 Å². The van der Waals surface area contributed by atoms with Gasteiger partial charge in [0.05, 0.1) is 31.5 Å². The van der Waals surface area contributed by atoms with Crippen LogP contribution in [0.2, 0.25) is 0 Å². The van der Waals surface area contributed by atoms with E-state index in [0.717, 1.165) is 24.3 Å². The zero-order valence-corrected chi connectivity index (χ0v) is 27.2. The first kappa shape index (κ1) is 38.8. The molecule has 3 aliphatic rings. The number of hydrogen-bond donors (Lipinski definition) is 14. The molecule has 14 atom stereocenters. The standard InChI is InChI=1S/C32H38O21/c33-6-18-22(41)24(43)27(46)31(51-18)49-16-4-10(35)3-15-11(16)5-17(28(48-15)9-1-12(36)20(39)13(37)2-9)50-32-29(25(44)23(42)19(7-34)52-32)53-30-26(45)21(40)14(38)8-47-30/h1-5,14,18-19,21-27,29-34,38,40-46H,6-8H2,(H3-,35,36,37,39)/p+1. The fourth-order valence-electron chi connectivity index (χ4n) is 6.06. The maximum atomic E-state index is 11.1. The number of hydrogen-bond acceptors (Lipinski definition) is 20. The summed E-state index contributed by atoms with van der Waals surface area (Å²) < 4.78 is 40.1. The molecule has 0 radical (unpaired) electrons. The predicted octanol–water partition coefficient (Wildman–Crippen LogP) is -3.98. The van der Waals surface area contributed by atoms with E-state index in [0.29, 0.717) is 0 Å². The second-order valence-electron chi connectivity index (χ2n) is 12.6. The first-order valence-corrected chi connectivity index (χ1v) is 16.1. The first-order chi connectivity index (χ1) is 25.1. The van der Waals surface area contributed by atoms with Gasteiger partial charge in [-0.2, -0.15) is 0 Å². The third-order valence-electron chi connectivity index (χ3n) is 9.04. The minimum atomic E-state index is -1.93. The molecule has 21 heteroatoms. The van der Waals surface area contributed by atoms with Gasteiger partial charge < -0.3 is 99.9 Å². The zero-order chi connectivity index (χ0) is 38.5. The quantitative estimate of drug-likeness (QED) is 0.0730. The Balaban J connectivity index is 1.45. The van der Waals surface area contributed by atoms with E-state index in [4.69, 9.17) is 32.8 Å². The van der Waals surface area contributed by atoms with E-state index in [9.17, 15) is 71.5 Å². The van der Waals surface area contributed by atoms with Crippen LogP contribution in [-0.2, 0) is 18.9 Å². The molecule has 0 aliphatic carbocycles. The number of aliphatic hydroxyl groups excluding tert-OH is 10. The van der Waals surface area contributed by atoms with Gasteiger partial charge in [-0.15, -0.1) is 0 Å². The highest BCUT2D eigenvalue weighted by Gasteiger charge is 2.51. The number of phenolic OH excluding ortho intramolecular Hbond substituents is 4. The number of phenols is 4. The Morgan fingerprint density at radius 1 is 0.623 bits per heavy atom. The minimum absolute atomic E-state index is 0.0820. The molecule has 3 saturated heterocycles.